The minimum Gasteiger partial charge on any atom is -0.481 e. The number of carbonyl (C=O) groups is 2. The van der Waals surface area contributed by atoms with Crippen LogP contribution in [-0.2, 0) is 4.79 Å². The lowest BCUT2D eigenvalue weighted by Gasteiger charge is -2.19. The molecule has 0 aromatic carbocycles. The average molecular weight is 297 g/mol. The molecule has 1 rings (SSSR count). The zero-order chi connectivity index (χ0) is 16.2. The van der Waals surface area contributed by atoms with Crippen molar-refractivity contribution >= 4 is 17.6 Å². The molecule has 0 saturated carbocycles. The molecular weight excluding hydrogens is 278 g/mol. The van der Waals surface area contributed by atoms with E-state index < -0.39 is 10.9 Å². The van der Waals surface area contributed by atoms with Gasteiger partial charge in [-0.3, -0.25) is 19.7 Å². The van der Waals surface area contributed by atoms with E-state index in [4.69, 9.17) is 5.11 Å². The second-order valence-electron chi connectivity index (χ2n) is 5.07. The topological polar surface area (TPSA) is 106 Å². The van der Waals surface area contributed by atoms with Crippen LogP contribution < -0.4 is 0 Å². The molecule has 0 aliphatic rings. The van der Waals surface area contributed by atoms with Gasteiger partial charge in [0.25, 0.3) is 11.6 Å². The van der Waals surface area contributed by atoms with Crippen molar-refractivity contribution in [2.75, 3.05) is 13.6 Å². The van der Waals surface area contributed by atoms with Crippen LogP contribution in [0.4, 0.5) is 5.69 Å². The van der Waals surface area contributed by atoms with Crippen molar-refractivity contribution in [3.8, 4) is 0 Å². The number of nitro groups is 1. The second-order valence-corrected chi connectivity index (χ2v) is 5.07. The monoisotopic (exact) mass is 297 g/mol. The van der Waals surface area contributed by atoms with E-state index in [0.29, 0.717) is 6.42 Å². The van der Waals surface area contributed by atoms with E-state index in [2.05, 4.69) is 0 Å². The molecule has 21 heavy (non-hydrogen) atoms. The second kappa shape index (κ2) is 6.87. The van der Waals surface area contributed by atoms with E-state index in [1.165, 1.54) is 17.2 Å². The Bertz CT molecular complexity index is 550. The molecule has 0 aliphatic heterocycles. The SMILES string of the molecule is CC(C)n1cc([N+](=O)[O-])cc1C(=O)N(C)CCCC(=O)O. The summed E-state index contributed by atoms with van der Waals surface area (Å²) in [7, 11) is 1.55. The van der Waals surface area contributed by atoms with Gasteiger partial charge in [-0.25, -0.2) is 0 Å². The van der Waals surface area contributed by atoms with Crippen LogP contribution in [0.5, 0.6) is 0 Å². The zero-order valence-corrected chi connectivity index (χ0v) is 12.3. The lowest BCUT2D eigenvalue weighted by molar-refractivity contribution is -0.384. The van der Waals surface area contributed by atoms with Crippen molar-refractivity contribution < 1.29 is 19.6 Å². The Kier molecular flexibility index (Phi) is 5.45. The number of carbonyl (C=O) groups excluding carboxylic acids is 1. The highest BCUT2D eigenvalue weighted by atomic mass is 16.6. The lowest BCUT2D eigenvalue weighted by Crippen LogP contribution is -2.30. The standard InChI is InChI=1S/C13H19N3O5/c1-9(2)15-8-10(16(20)21)7-11(15)13(19)14(3)6-4-5-12(17)18/h7-9H,4-6H2,1-3H3,(H,17,18). The molecule has 0 fully saturated rings. The Morgan fingerprint density at radius 3 is 2.57 bits per heavy atom. The van der Waals surface area contributed by atoms with Gasteiger partial charge in [0.15, 0.2) is 0 Å². The third kappa shape index (κ3) is 4.30. The zero-order valence-electron chi connectivity index (χ0n) is 12.3. The lowest BCUT2D eigenvalue weighted by atomic mass is 10.2. The van der Waals surface area contributed by atoms with Crippen LogP contribution in [0.2, 0.25) is 0 Å². The minimum absolute atomic E-state index is 0.0248. The molecule has 0 radical (unpaired) electrons. The van der Waals surface area contributed by atoms with Crippen LogP contribution in [0.15, 0.2) is 12.3 Å². The van der Waals surface area contributed by atoms with Crippen molar-refractivity contribution in [2.45, 2.75) is 32.7 Å². The number of aromatic nitrogens is 1. The third-order valence-electron chi connectivity index (χ3n) is 3.05. The van der Waals surface area contributed by atoms with Gasteiger partial charge in [0.2, 0.25) is 0 Å². The number of aliphatic carboxylic acids is 1. The summed E-state index contributed by atoms with van der Waals surface area (Å²) in [6.45, 7) is 3.93. The number of carboxylic acid groups (broad SMARTS) is 1. The van der Waals surface area contributed by atoms with Crippen LogP contribution in [0, 0.1) is 10.1 Å². The molecule has 1 N–H and O–H groups in total. The van der Waals surface area contributed by atoms with Crippen LogP contribution in [0.1, 0.15) is 43.2 Å². The van der Waals surface area contributed by atoms with Crippen LogP contribution >= 0.6 is 0 Å². The molecule has 1 aromatic heterocycles. The summed E-state index contributed by atoms with van der Waals surface area (Å²) < 4.78 is 1.55. The van der Waals surface area contributed by atoms with Gasteiger partial charge in [-0.15, -0.1) is 0 Å². The van der Waals surface area contributed by atoms with Crippen molar-refractivity contribution in [1.82, 2.24) is 9.47 Å². The van der Waals surface area contributed by atoms with E-state index in [1.54, 1.807) is 11.6 Å². The van der Waals surface area contributed by atoms with Crippen LogP contribution in [0.3, 0.4) is 0 Å². The molecule has 1 aromatic rings. The average Bonchev–Trinajstić information content (AvgIpc) is 2.82. The maximum Gasteiger partial charge on any atom is 0.303 e. The molecule has 0 aliphatic carbocycles. The Labute approximate surface area is 122 Å². The number of rotatable bonds is 7. The predicted molar refractivity (Wildman–Crippen MR) is 75.3 cm³/mol. The summed E-state index contributed by atoms with van der Waals surface area (Å²) in [5.41, 5.74) is 0.0977. The molecule has 8 heteroatoms. The van der Waals surface area contributed by atoms with Gasteiger partial charge >= 0.3 is 5.97 Å². The molecular formula is C13H19N3O5. The first-order valence-corrected chi connectivity index (χ1v) is 6.57. The Hall–Kier alpha value is -2.38. The summed E-state index contributed by atoms with van der Waals surface area (Å²) in [5, 5.41) is 19.4. The van der Waals surface area contributed by atoms with Gasteiger partial charge in [0, 0.05) is 32.1 Å². The molecule has 0 bridgehead atoms. The maximum absolute atomic E-state index is 12.3. The summed E-state index contributed by atoms with van der Waals surface area (Å²) in [4.78, 5) is 34.4. The molecule has 1 amide bonds. The number of nitrogens with zero attached hydrogens (tertiary/aromatic N) is 3. The highest BCUT2D eigenvalue weighted by Gasteiger charge is 2.23. The number of hydrogen-bond donors (Lipinski definition) is 1. The van der Waals surface area contributed by atoms with Crippen molar-refractivity contribution in [1.29, 1.82) is 0 Å². The summed E-state index contributed by atoms with van der Waals surface area (Å²) in [6, 6.07) is 1.15. The van der Waals surface area contributed by atoms with Crippen LogP contribution in [0.25, 0.3) is 0 Å². The van der Waals surface area contributed by atoms with Crippen molar-refractivity contribution in [2.24, 2.45) is 0 Å². The fourth-order valence-corrected chi connectivity index (χ4v) is 1.93. The van der Waals surface area contributed by atoms with E-state index in [-0.39, 0.29) is 36.3 Å². The number of amides is 1. The third-order valence-corrected chi connectivity index (χ3v) is 3.05. The Morgan fingerprint density at radius 2 is 2.10 bits per heavy atom. The first-order valence-electron chi connectivity index (χ1n) is 6.57. The van der Waals surface area contributed by atoms with Crippen molar-refractivity contribution in [3.05, 3.63) is 28.1 Å². The molecule has 8 nitrogen and oxygen atoms in total. The van der Waals surface area contributed by atoms with Crippen LogP contribution in [-0.4, -0.2) is 45.0 Å². The largest absolute Gasteiger partial charge is 0.481 e. The van der Waals surface area contributed by atoms with E-state index in [0.717, 1.165) is 0 Å². The smallest absolute Gasteiger partial charge is 0.303 e. The molecule has 0 spiro atoms. The number of hydrogen-bond acceptors (Lipinski definition) is 4. The van der Waals surface area contributed by atoms with Gasteiger partial charge in [-0.1, -0.05) is 0 Å². The van der Waals surface area contributed by atoms with Gasteiger partial charge < -0.3 is 14.6 Å². The summed E-state index contributed by atoms with van der Waals surface area (Å²) in [5.74, 6) is -1.28. The molecule has 0 unspecified atom stereocenters. The van der Waals surface area contributed by atoms with E-state index in [1.807, 2.05) is 13.8 Å². The van der Waals surface area contributed by atoms with Gasteiger partial charge in [-0.05, 0) is 20.3 Å². The molecule has 1 heterocycles. The normalized spacial score (nSPS) is 10.7. The molecule has 0 saturated heterocycles. The fraction of sp³-hybridized carbons (Fsp3) is 0.538. The van der Waals surface area contributed by atoms with Gasteiger partial charge in [0.05, 0.1) is 11.1 Å². The van der Waals surface area contributed by atoms with Gasteiger partial charge in [-0.2, -0.15) is 0 Å². The molecule has 116 valence electrons. The summed E-state index contributed by atoms with van der Waals surface area (Å²) in [6.07, 6.45) is 1.65. The first kappa shape index (κ1) is 16.7. The Balaban J connectivity index is 2.89. The number of carboxylic acids is 1. The Morgan fingerprint density at radius 1 is 1.48 bits per heavy atom. The molecule has 0 atom stereocenters. The maximum atomic E-state index is 12.3. The highest BCUT2D eigenvalue weighted by Crippen LogP contribution is 2.21. The highest BCUT2D eigenvalue weighted by molar-refractivity contribution is 5.93. The summed E-state index contributed by atoms with van der Waals surface area (Å²) >= 11 is 0. The van der Waals surface area contributed by atoms with Gasteiger partial charge in [0.1, 0.15) is 5.69 Å². The predicted octanol–water partition coefficient (Wildman–Crippen LogP) is 1.91. The minimum atomic E-state index is -0.919. The van der Waals surface area contributed by atoms with E-state index >= 15 is 0 Å². The van der Waals surface area contributed by atoms with E-state index in [9.17, 15) is 19.7 Å². The quantitative estimate of drug-likeness (QED) is 0.611. The fourth-order valence-electron chi connectivity index (χ4n) is 1.93. The van der Waals surface area contributed by atoms with Crippen molar-refractivity contribution in [3.63, 3.8) is 0 Å². The first-order chi connectivity index (χ1) is 9.73.